The molecule has 0 saturated carbocycles. The van der Waals surface area contributed by atoms with Gasteiger partial charge in [-0.2, -0.15) is 0 Å². The molecule has 2 N–H and O–H groups in total. The van der Waals surface area contributed by atoms with Crippen LogP contribution in [0.4, 0.5) is 0 Å². The Morgan fingerprint density at radius 1 is 1.10 bits per heavy atom. The summed E-state index contributed by atoms with van der Waals surface area (Å²) in [6.45, 7) is 0.672. The highest BCUT2D eigenvalue weighted by atomic mass is 16.5. The number of carbonyl (C=O) groups excluding carboxylic acids is 1. The molecule has 2 aromatic rings. The summed E-state index contributed by atoms with van der Waals surface area (Å²) >= 11 is 0. The third-order valence-electron chi connectivity index (χ3n) is 3.50. The van der Waals surface area contributed by atoms with Crippen molar-refractivity contribution < 1.29 is 14.3 Å². The molecule has 0 bridgehead atoms. The maximum Gasteiger partial charge on any atom is 0.253 e. The monoisotopic (exact) mass is 272 g/mol. The van der Waals surface area contributed by atoms with Gasteiger partial charge in [-0.25, -0.2) is 0 Å². The summed E-state index contributed by atoms with van der Waals surface area (Å²) < 4.78 is 10.6. The lowest BCUT2D eigenvalue weighted by molar-refractivity contribution is 0.0946. The molecule has 0 aliphatic carbocycles. The first-order chi connectivity index (χ1) is 9.72. The van der Waals surface area contributed by atoms with Gasteiger partial charge < -0.3 is 19.8 Å². The van der Waals surface area contributed by atoms with E-state index in [1.54, 1.807) is 14.2 Å². The molecule has 0 radical (unpaired) electrons. The van der Waals surface area contributed by atoms with E-state index in [1.807, 2.05) is 24.3 Å². The van der Waals surface area contributed by atoms with Gasteiger partial charge in [0.05, 0.1) is 25.5 Å². The van der Waals surface area contributed by atoms with Crippen LogP contribution in [0.5, 0.6) is 11.5 Å². The zero-order chi connectivity index (χ0) is 14.1. The number of amides is 1. The Labute approximate surface area is 116 Å². The maximum atomic E-state index is 11.8. The van der Waals surface area contributed by atoms with Crippen LogP contribution in [0.25, 0.3) is 11.3 Å². The smallest absolute Gasteiger partial charge is 0.253 e. The SMILES string of the molecule is COc1ccc(-c2cc3c([nH]2)CCNC3=O)c(OC)c1. The quantitative estimate of drug-likeness (QED) is 0.898. The molecule has 0 spiro atoms. The number of hydrogen-bond donors (Lipinski definition) is 2. The normalized spacial score (nSPS) is 13.6. The molecule has 20 heavy (non-hydrogen) atoms. The third kappa shape index (κ3) is 2.01. The van der Waals surface area contributed by atoms with E-state index in [2.05, 4.69) is 10.3 Å². The number of nitrogens with one attached hydrogen (secondary N) is 2. The lowest BCUT2D eigenvalue weighted by atomic mass is 10.1. The summed E-state index contributed by atoms with van der Waals surface area (Å²) in [4.78, 5) is 15.1. The molecule has 0 saturated heterocycles. The fourth-order valence-electron chi connectivity index (χ4n) is 2.46. The Kier molecular flexibility index (Phi) is 3.10. The van der Waals surface area contributed by atoms with Gasteiger partial charge in [0.15, 0.2) is 0 Å². The standard InChI is InChI=1S/C15H16N2O3/c1-19-9-3-4-10(14(7-9)20-2)13-8-11-12(17-13)5-6-16-15(11)18/h3-4,7-8,17H,5-6H2,1-2H3,(H,16,18). The van der Waals surface area contributed by atoms with Gasteiger partial charge in [0.1, 0.15) is 11.5 Å². The maximum absolute atomic E-state index is 11.8. The number of rotatable bonds is 3. The fourth-order valence-corrected chi connectivity index (χ4v) is 2.46. The Bertz CT molecular complexity index is 661. The van der Waals surface area contributed by atoms with Gasteiger partial charge in [0.2, 0.25) is 0 Å². The number of hydrogen-bond acceptors (Lipinski definition) is 3. The molecule has 1 aromatic heterocycles. The van der Waals surface area contributed by atoms with Gasteiger partial charge in [-0.3, -0.25) is 4.79 Å². The van der Waals surface area contributed by atoms with Crippen molar-refractivity contribution in [2.75, 3.05) is 20.8 Å². The zero-order valence-corrected chi connectivity index (χ0v) is 11.4. The minimum Gasteiger partial charge on any atom is -0.497 e. The van der Waals surface area contributed by atoms with Crippen LogP contribution in [0.3, 0.4) is 0 Å². The highest BCUT2D eigenvalue weighted by Gasteiger charge is 2.21. The first kappa shape index (κ1) is 12.6. The van der Waals surface area contributed by atoms with Crippen molar-refractivity contribution in [1.29, 1.82) is 0 Å². The first-order valence-electron chi connectivity index (χ1n) is 6.45. The largest absolute Gasteiger partial charge is 0.497 e. The summed E-state index contributed by atoms with van der Waals surface area (Å²) in [6, 6.07) is 7.49. The van der Waals surface area contributed by atoms with Crippen LogP contribution >= 0.6 is 0 Å². The Hall–Kier alpha value is -2.43. The Morgan fingerprint density at radius 3 is 2.65 bits per heavy atom. The van der Waals surface area contributed by atoms with Crippen LogP contribution in [0.2, 0.25) is 0 Å². The van der Waals surface area contributed by atoms with Crippen LogP contribution in [0.1, 0.15) is 16.1 Å². The van der Waals surface area contributed by atoms with Gasteiger partial charge in [-0.1, -0.05) is 0 Å². The van der Waals surface area contributed by atoms with Gasteiger partial charge in [0.25, 0.3) is 5.91 Å². The Balaban J connectivity index is 2.07. The van der Waals surface area contributed by atoms with Crippen molar-refractivity contribution in [2.45, 2.75) is 6.42 Å². The van der Waals surface area contributed by atoms with E-state index >= 15 is 0 Å². The fraction of sp³-hybridized carbons (Fsp3) is 0.267. The summed E-state index contributed by atoms with van der Waals surface area (Å²) in [5, 5.41) is 2.84. The number of methoxy groups -OCH3 is 2. The molecule has 2 heterocycles. The molecule has 0 atom stereocenters. The molecular formula is C15H16N2O3. The predicted molar refractivity (Wildman–Crippen MR) is 75.4 cm³/mol. The summed E-state index contributed by atoms with van der Waals surface area (Å²) in [6.07, 6.45) is 0.819. The lowest BCUT2D eigenvalue weighted by Crippen LogP contribution is -2.31. The lowest BCUT2D eigenvalue weighted by Gasteiger charge is -2.11. The minimum absolute atomic E-state index is 0.0266. The second kappa shape index (κ2) is 4.92. The number of aromatic amines is 1. The average molecular weight is 272 g/mol. The van der Waals surface area contributed by atoms with Crippen LogP contribution < -0.4 is 14.8 Å². The van der Waals surface area contributed by atoms with E-state index in [0.717, 1.165) is 29.1 Å². The predicted octanol–water partition coefficient (Wildman–Crippen LogP) is 1.98. The number of H-pyrrole nitrogens is 1. The van der Waals surface area contributed by atoms with Crippen molar-refractivity contribution in [2.24, 2.45) is 0 Å². The summed E-state index contributed by atoms with van der Waals surface area (Å²) in [5.74, 6) is 1.42. The van der Waals surface area contributed by atoms with E-state index in [0.29, 0.717) is 17.9 Å². The van der Waals surface area contributed by atoms with E-state index in [4.69, 9.17) is 9.47 Å². The topological polar surface area (TPSA) is 63.3 Å². The number of carbonyl (C=O) groups is 1. The summed E-state index contributed by atoms with van der Waals surface area (Å²) in [5.41, 5.74) is 3.48. The summed E-state index contributed by atoms with van der Waals surface area (Å²) in [7, 11) is 3.24. The van der Waals surface area contributed by atoms with Crippen LogP contribution in [-0.4, -0.2) is 31.7 Å². The Morgan fingerprint density at radius 2 is 1.95 bits per heavy atom. The molecule has 3 rings (SSSR count). The molecule has 5 nitrogen and oxygen atoms in total. The highest BCUT2D eigenvalue weighted by Crippen LogP contribution is 2.34. The van der Waals surface area contributed by atoms with E-state index in [1.165, 1.54) is 0 Å². The minimum atomic E-state index is -0.0266. The molecule has 0 fully saturated rings. The highest BCUT2D eigenvalue weighted by molar-refractivity contribution is 5.98. The number of benzene rings is 1. The molecule has 1 aliphatic heterocycles. The molecule has 104 valence electrons. The molecule has 5 heteroatoms. The van der Waals surface area contributed by atoms with Gasteiger partial charge in [0, 0.05) is 30.3 Å². The number of ether oxygens (including phenoxy) is 2. The van der Waals surface area contributed by atoms with Crippen molar-refractivity contribution >= 4 is 5.91 Å². The van der Waals surface area contributed by atoms with Crippen molar-refractivity contribution in [1.82, 2.24) is 10.3 Å². The van der Waals surface area contributed by atoms with Crippen LogP contribution in [0, 0.1) is 0 Å². The zero-order valence-electron chi connectivity index (χ0n) is 11.4. The van der Waals surface area contributed by atoms with E-state index in [9.17, 15) is 4.79 Å². The van der Waals surface area contributed by atoms with Gasteiger partial charge >= 0.3 is 0 Å². The molecule has 1 amide bonds. The van der Waals surface area contributed by atoms with E-state index < -0.39 is 0 Å². The first-order valence-corrected chi connectivity index (χ1v) is 6.45. The number of aromatic nitrogens is 1. The van der Waals surface area contributed by atoms with E-state index in [-0.39, 0.29) is 5.91 Å². The molecular weight excluding hydrogens is 256 g/mol. The number of fused-ring (bicyclic) bond motifs is 1. The van der Waals surface area contributed by atoms with Gasteiger partial charge in [-0.15, -0.1) is 0 Å². The second-order valence-electron chi connectivity index (χ2n) is 4.65. The molecule has 1 aromatic carbocycles. The molecule has 0 unspecified atom stereocenters. The molecule has 1 aliphatic rings. The van der Waals surface area contributed by atoms with Crippen molar-refractivity contribution in [3.05, 3.63) is 35.5 Å². The van der Waals surface area contributed by atoms with Crippen LogP contribution in [0.15, 0.2) is 24.3 Å². The van der Waals surface area contributed by atoms with Crippen molar-refractivity contribution in [3.8, 4) is 22.8 Å². The average Bonchev–Trinajstić information content (AvgIpc) is 2.92. The third-order valence-corrected chi connectivity index (χ3v) is 3.50. The van der Waals surface area contributed by atoms with Gasteiger partial charge in [-0.05, 0) is 18.2 Å². The second-order valence-corrected chi connectivity index (χ2v) is 4.65. The van der Waals surface area contributed by atoms with Crippen molar-refractivity contribution in [3.63, 3.8) is 0 Å². The van der Waals surface area contributed by atoms with Crippen LogP contribution in [-0.2, 0) is 6.42 Å².